The van der Waals surface area contributed by atoms with Gasteiger partial charge in [0.1, 0.15) is 11.8 Å². The zero-order chi connectivity index (χ0) is 25.2. The Morgan fingerprint density at radius 2 is 1.63 bits per heavy atom. The molecule has 0 radical (unpaired) electrons. The molecule has 5 nitrogen and oxygen atoms in total. The molecule has 2 unspecified atom stereocenters. The first-order valence-electron chi connectivity index (χ1n) is 11.9. The highest BCUT2D eigenvalue weighted by atomic mass is 35.5. The molecular formula is C29H33ClN2O3. The van der Waals surface area contributed by atoms with Gasteiger partial charge in [-0.2, -0.15) is 0 Å². The van der Waals surface area contributed by atoms with E-state index in [0.29, 0.717) is 11.4 Å². The molecule has 0 aliphatic rings. The maximum absolute atomic E-state index is 13.7. The molecule has 0 spiro atoms. The van der Waals surface area contributed by atoms with Crippen LogP contribution in [0.25, 0.3) is 0 Å². The number of carbonyl (C=O) groups excluding carboxylic acids is 2. The van der Waals surface area contributed by atoms with Gasteiger partial charge in [0, 0.05) is 24.0 Å². The Hall–Kier alpha value is -3.31. The number of ether oxygens (including phenoxy) is 1. The van der Waals surface area contributed by atoms with E-state index in [9.17, 15) is 9.59 Å². The van der Waals surface area contributed by atoms with Crippen LogP contribution >= 0.6 is 11.6 Å². The number of nitrogens with one attached hydrogen (secondary N) is 1. The molecule has 3 rings (SSSR count). The highest BCUT2D eigenvalue weighted by Crippen LogP contribution is 2.20. The second kappa shape index (κ2) is 13.0. The van der Waals surface area contributed by atoms with Crippen LogP contribution in [0.4, 0.5) is 0 Å². The smallest absolute Gasteiger partial charge is 0.243 e. The lowest BCUT2D eigenvalue weighted by Gasteiger charge is -2.32. The first-order valence-corrected chi connectivity index (χ1v) is 12.3. The first kappa shape index (κ1) is 26.3. The monoisotopic (exact) mass is 492 g/mol. The summed E-state index contributed by atoms with van der Waals surface area (Å²) in [6, 6.07) is 24.0. The van der Waals surface area contributed by atoms with E-state index in [-0.39, 0.29) is 30.8 Å². The van der Waals surface area contributed by atoms with Crippen molar-refractivity contribution in [3.63, 3.8) is 0 Å². The van der Waals surface area contributed by atoms with Crippen molar-refractivity contribution in [1.82, 2.24) is 10.2 Å². The third-order valence-electron chi connectivity index (χ3n) is 6.03. The van der Waals surface area contributed by atoms with Crippen molar-refractivity contribution in [1.29, 1.82) is 0 Å². The fraction of sp³-hybridized carbons (Fsp3) is 0.310. The number of nitrogens with zero attached hydrogens (tertiary/aromatic N) is 1. The number of hydrogen-bond donors (Lipinski definition) is 1. The molecule has 0 aliphatic heterocycles. The number of benzene rings is 3. The predicted molar refractivity (Wildman–Crippen MR) is 141 cm³/mol. The summed E-state index contributed by atoms with van der Waals surface area (Å²) >= 11 is 6.23. The molecule has 3 aromatic rings. The van der Waals surface area contributed by atoms with Crippen molar-refractivity contribution in [2.24, 2.45) is 0 Å². The van der Waals surface area contributed by atoms with Crippen LogP contribution in [0.15, 0.2) is 78.9 Å². The Bertz CT molecular complexity index is 1100. The summed E-state index contributed by atoms with van der Waals surface area (Å²) in [5.74, 6) is 0.440. The van der Waals surface area contributed by atoms with Crippen LogP contribution in [-0.4, -0.2) is 35.9 Å². The standard InChI is InChI=1S/C29H33ClN2O3/c1-4-21(2)31-29(34)27(18-22-9-6-5-7-10-22)32(20-24-11-8-12-25(30)17-24)28(33)19-23-13-15-26(35-3)16-14-23/h5-17,21,27H,4,18-20H2,1-3H3,(H,31,34). The molecule has 0 saturated carbocycles. The summed E-state index contributed by atoms with van der Waals surface area (Å²) in [6.45, 7) is 4.27. The lowest BCUT2D eigenvalue weighted by molar-refractivity contribution is -0.141. The quantitative estimate of drug-likeness (QED) is 0.387. The van der Waals surface area contributed by atoms with E-state index in [0.717, 1.165) is 28.9 Å². The molecular weight excluding hydrogens is 460 g/mol. The zero-order valence-corrected chi connectivity index (χ0v) is 21.3. The predicted octanol–water partition coefficient (Wildman–Crippen LogP) is 5.45. The van der Waals surface area contributed by atoms with Crippen LogP contribution in [0.2, 0.25) is 5.02 Å². The maximum atomic E-state index is 13.7. The molecule has 3 aromatic carbocycles. The highest BCUT2D eigenvalue weighted by molar-refractivity contribution is 6.30. The van der Waals surface area contributed by atoms with E-state index in [2.05, 4.69) is 5.32 Å². The summed E-state index contributed by atoms with van der Waals surface area (Å²) < 4.78 is 5.23. The Morgan fingerprint density at radius 1 is 0.943 bits per heavy atom. The van der Waals surface area contributed by atoms with Gasteiger partial charge < -0.3 is 15.0 Å². The minimum absolute atomic E-state index is 0.00508. The molecule has 0 aromatic heterocycles. The van der Waals surface area contributed by atoms with Gasteiger partial charge in [0.05, 0.1) is 13.5 Å². The van der Waals surface area contributed by atoms with Gasteiger partial charge in [-0.15, -0.1) is 0 Å². The van der Waals surface area contributed by atoms with Crippen molar-refractivity contribution < 1.29 is 14.3 Å². The van der Waals surface area contributed by atoms with E-state index in [1.54, 1.807) is 18.1 Å². The minimum Gasteiger partial charge on any atom is -0.497 e. The molecule has 2 amide bonds. The second-order valence-corrected chi connectivity index (χ2v) is 9.14. The van der Waals surface area contributed by atoms with Crippen LogP contribution in [-0.2, 0) is 29.0 Å². The molecule has 2 atom stereocenters. The lowest BCUT2D eigenvalue weighted by Crippen LogP contribution is -2.52. The van der Waals surface area contributed by atoms with Gasteiger partial charge in [0.25, 0.3) is 0 Å². The molecule has 0 heterocycles. The van der Waals surface area contributed by atoms with Crippen molar-refractivity contribution in [3.05, 3.63) is 101 Å². The minimum atomic E-state index is -0.670. The number of rotatable bonds is 11. The van der Waals surface area contributed by atoms with E-state index >= 15 is 0 Å². The largest absolute Gasteiger partial charge is 0.497 e. The van der Waals surface area contributed by atoms with Crippen molar-refractivity contribution in [2.75, 3.05) is 7.11 Å². The Labute approximate surface area is 213 Å². The van der Waals surface area contributed by atoms with Gasteiger partial charge in [0.15, 0.2) is 0 Å². The number of halogens is 1. The second-order valence-electron chi connectivity index (χ2n) is 8.70. The number of methoxy groups -OCH3 is 1. The Kier molecular flexibility index (Phi) is 9.74. The van der Waals surface area contributed by atoms with Gasteiger partial charge in [-0.3, -0.25) is 9.59 Å². The molecule has 35 heavy (non-hydrogen) atoms. The highest BCUT2D eigenvalue weighted by Gasteiger charge is 2.31. The summed E-state index contributed by atoms with van der Waals surface area (Å²) in [7, 11) is 1.61. The van der Waals surface area contributed by atoms with E-state index in [1.165, 1.54) is 0 Å². The number of hydrogen-bond acceptors (Lipinski definition) is 3. The summed E-state index contributed by atoms with van der Waals surface area (Å²) in [4.78, 5) is 28.9. The van der Waals surface area contributed by atoms with Crippen LogP contribution in [0.5, 0.6) is 5.75 Å². The van der Waals surface area contributed by atoms with Gasteiger partial charge in [-0.25, -0.2) is 0 Å². The normalized spacial score (nSPS) is 12.5. The average Bonchev–Trinajstić information content (AvgIpc) is 2.87. The average molecular weight is 493 g/mol. The lowest BCUT2D eigenvalue weighted by atomic mass is 10.0. The van der Waals surface area contributed by atoms with E-state index < -0.39 is 6.04 Å². The Morgan fingerprint density at radius 3 is 2.26 bits per heavy atom. The SMILES string of the molecule is CCC(C)NC(=O)C(Cc1ccccc1)N(Cc1cccc(Cl)c1)C(=O)Cc1ccc(OC)cc1. The van der Waals surface area contributed by atoms with Crippen LogP contribution in [0.3, 0.4) is 0 Å². The van der Waals surface area contributed by atoms with Gasteiger partial charge in [0.2, 0.25) is 11.8 Å². The fourth-order valence-electron chi connectivity index (χ4n) is 3.85. The van der Waals surface area contributed by atoms with Gasteiger partial charge in [-0.05, 0) is 54.3 Å². The molecule has 1 N–H and O–H groups in total. The van der Waals surface area contributed by atoms with E-state index in [1.807, 2.05) is 86.6 Å². The van der Waals surface area contributed by atoms with Gasteiger partial charge >= 0.3 is 0 Å². The molecule has 0 aliphatic carbocycles. The molecule has 0 fully saturated rings. The van der Waals surface area contributed by atoms with E-state index in [4.69, 9.17) is 16.3 Å². The topological polar surface area (TPSA) is 58.6 Å². The summed E-state index contributed by atoms with van der Waals surface area (Å²) in [6.07, 6.45) is 1.39. The fourth-order valence-corrected chi connectivity index (χ4v) is 4.06. The zero-order valence-electron chi connectivity index (χ0n) is 20.5. The number of carbonyl (C=O) groups is 2. The summed E-state index contributed by atoms with van der Waals surface area (Å²) in [5.41, 5.74) is 2.72. The molecule has 184 valence electrons. The first-order chi connectivity index (χ1) is 16.9. The molecule has 6 heteroatoms. The maximum Gasteiger partial charge on any atom is 0.243 e. The van der Waals surface area contributed by atoms with Crippen molar-refractivity contribution >= 4 is 23.4 Å². The van der Waals surface area contributed by atoms with Crippen molar-refractivity contribution in [2.45, 2.75) is 51.7 Å². The summed E-state index contributed by atoms with van der Waals surface area (Å²) in [5, 5.41) is 3.68. The molecule has 0 bridgehead atoms. The Balaban J connectivity index is 1.95. The third-order valence-corrected chi connectivity index (χ3v) is 6.26. The van der Waals surface area contributed by atoms with Crippen LogP contribution in [0, 0.1) is 0 Å². The van der Waals surface area contributed by atoms with Crippen LogP contribution < -0.4 is 10.1 Å². The molecule has 0 saturated heterocycles. The van der Waals surface area contributed by atoms with Crippen molar-refractivity contribution in [3.8, 4) is 5.75 Å². The van der Waals surface area contributed by atoms with Crippen LogP contribution in [0.1, 0.15) is 37.0 Å². The van der Waals surface area contributed by atoms with Gasteiger partial charge in [-0.1, -0.05) is 73.1 Å². The third kappa shape index (κ3) is 7.86. The number of amides is 2.